The van der Waals surface area contributed by atoms with Crippen LogP contribution in [-0.4, -0.2) is 17.2 Å². The fourth-order valence-electron chi connectivity index (χ4n) is 1.77. The molecule has 1 rings (SSSR count). The molecule has 1 atom stereocenters. The summed E-state index contributed by atoms with van der Waals surface area (Å²) in [5, 5.41) is 13.0. The maximum Gasteiger partial charge on any atom is 0.114 e. The Labute approximate surface area is 93.1 Å². The fourth-order valence-corrected chi connectivity index (χ4v) is 1.77. The van der Waals surface area contributed by atoms with Crippen LogP contribution < -0.4 is 5.32 Å². The van der Waals surface area contributed by atoms with E-state index in [0.717, 1.165) is 18.5 Å². The lowest BCUT2D eigenvalue weighted by Gasteiger charge is -2.33. The molecular weight excluding hydrogens is 186 g/mol. The van der Waals surface area contributed by atoms with E-state index in [4.69, 9.17) is 0 Å². The van der Waals surface area contributed by atoms with Gasteiger partial charge in [-0.2, -0.15) is 0 Å². The zero-order chi connectivity index (χ0) is 11.7. The molecule has 0 bridgehead atoms. The van der Waals surface area contributed by atoms with Crippen molar-refractivity contribution in [2.45, 2.75) is 46.6 Å². The minimum Gasteiger partial charge on any atom is -0.508 e. The molecular formula is C13H23NO. The third-order valence-electron chi connectivity index (χ3n) is 2.77. The van der Waals surface area contributed by atoms with Crippen molar-refractivity contribution in [2.75, 3.05) is 6.54 Å². The van der Waals surface area contributed by atoms with Crippen LogP contribution in [0.2, 0.25) is 0 Å². The smallest absolute Gasteiger partial charge is 0.114 e. The largest absolute Gasteiger partial charge is 0.508 e. The second-order valence-electron chi connectivity index (χ2n) is 5.93. The number of aliphatic hydroxyl groups excluding tert-OH is 1. The van der Waals surface area contributed by atoms with Crippen molar-refractivity contribution in [3.63, 3.8) is 0 Å². The molecule has 0 aromatic heterocycles. The second kappa shape index (κ2) is 4.01. The van der Waals surface area contributed by atoms with Gasteiger partial charge >= 0.3 is 0 Å². The van der Waals surface area contributed by atoms with Gasteiger partial charge in [0.2, 0.25) is 0 Å². The summed E-state index contributed by atoms with van der Waals surface area (Å²) in [6, 6.07) is 0. The Morgan fingerprint density at radius 2 is 2.07 bits per heavy atom. The molecule has 86 valence electrons. The summed E-state index contributed by atoms with van der Waals surface area (Å²) in [5.74, 6) is 0.434. The number of hydrogen-bond acceptors (Lipinski definition) is 2. The normalized spacial score (nSPS) is 27.3. The van der Waals surface area contributed by atoms with Gasteiger partial charge in [-0.25, -0.2) is 0 Å². The molecule has 0 saturated carbocycles. The molecule has 15 heavy (non-hydrogen) atoms. The molecule has 1 aliphatic carbocycles. The Hall–Kier alpha value is -0.760. The summed E-state index contributed by atoms with van der Waals surface area (Å²) >= 11 is 0. The predicted molar refractivity (Wildman–Crippen MR) is 64.9 cm³/mol. The van der Waals surface area contributed by atoms with Gasteiger partial charge in [-0.3, -0.25) is 0 Å². The number of hydrogen-bond donors (Lipinski definition) is 2. The van der Waals surface area contributed by atoms with Gasteiger partial charge in [0, 0.05) is 17.5 Å². The molecule has 0 aromatic carbocycles. The van der Waals surface area contributed by atoms with Crippen LogP contribution in [0.5, 0.6) is 0 Å². The van der Waals surface area contributed by atoms with Crippen LogP contribution in [0.1, 0.15) is 41.0 Å². The molecule has 0 radical (unpaired) electrons. The number of allylic oxidation sites excluding steroid dienone is 2. The molecule has 0 heterocycles. The zero-order valence-corrected chi connectivity index (χ0v) is 10.5. The third-order valence-corrected chi connectivity index (χ3v) is 2.77. The molecule has 0 saturated heterocycles. The Bertz CT molecular complexity index is 296. The summed E-state index contributed by atoms with van der Waals surface area (Å²) in [7, 11) is 0. The van der Waals surface area contributed by atoms with Crippen LogP contribution in [0.15, 0.2) is 23.5 Å². The Balaban J connectivity index is 2.61. The highest BCUT2D eigenvalue weighted by Gasteiger charge is 2.27. The molecule has 0 aliphatic heterocycles. The van der Waals surface area contributed by atoms with Crippen molar-refractivity contribution < 1.29 is 5.11 Å². The van der Waals surface area contributed by atoms with E-state index in [1.165, 1.54) is 0 Å². The highest BCUT2D eigenvalue weighted by Crippen LogP contribution is 2.32. The monoisotopic (exact) mass is 209 g/mol. The van der Waals surface area contributed by atoms with Gasteiger partial charge in [-0.05, 0) is 45.8 Å². The maximum atomic E-state index is 9.51. The lowest BCUT2D eigenvalue weighted by atomic mass is 9.79. The van der Waals surface area contributed by atoms with Gasteiger partial charge in [0.15, 0.2) is 0 Å². The van der Waals surface area contributed by atoms with Crippen LogP contribution in [0.25, 0.3) is 0 Å². The molecule has 1 unspecified atom stereocenters. The van der Waals surface area contributed by atoms with Gasteiger partial charge in [-0.1, -0.05) is 13.0 Å². The minimum atomic E-state index is 0.129. The topological polar surface area (TPSA) is 32.3 Å². The van der Waals surface area contributed by atoms with E-state index in [0.29, 0.717) is 5.76 Å². The summed E-state index contributed by atoms with van der Waals surface area (Å²) in [5.41, 5.74) is 1.35. The first kappa shape index (κ1) is 12.3. The van der Waals surface area contributed by atoms with Crippen molar-refractivity contribution in [2.24, 2.45) is 5.41 Å². The lowest BCUT2D eigenvalue weighted by molar-refractivity contribution is 0.308. The van der Waals surface area contributed by atoms with E-state index >= 15 is 0 Å². The molecule has 2 heteroatoms. The number of nitrogens with one attached hydrogen (secondary N) is 1. The predicted octanol–water partition coefficient (Wildman–Crippen LogP) is 3.17. The van der Waals surface area contributed by atoms with Crippen molar-refractivity contribution in [3.8, 4) is 0 Å². The van der Waals surface area contributed by atoms with Gasteiger partial charge in [-0.15, -0.1) is 0 Å². The van der Waals surface area contributed by atoms with E-state index in [2.05, 4.69) is 39.1 Å². The van der Waals surface area contributed by atoms with E-state index in [9.17, 15) is 5.11 Å². The van der Waals surface area contributed by atoms with Gasteiger partial charge in [0.25, 0.3) is 0 Å². The highest BCUT2D eigenvalue weighted by atomic mass is 16.3. The van der Waals surface area contributed by atoms with Crippen LogP contribution in [0.3, 0.4) is 0 Å². The van der Waals surface area contributed by atoms with Crippen LogP contribution in [0, 0.1) is 5.41 Å². The van der Waals surface area contributed by atoms with Crippen LogP contribution in [-0.2, 0) is 0 Å². The number of rotatable bonds is 2. The molecule has 0 amide bonds. The average Bonchev–Trinajstić information content (AvgIpc) is 2.08. The SMILES string of the molecule is CC1=C(O)C=CC(C)(CNC(C)(C)C)C1. The van der Waals surface area contributed by atoms with Crippen molar-refractivity contribution >= 4 is 0 Å². The van der Waals surface area contributed by atoms with Crippen molar-refractivity contribution in [3.05, 3.63) is 23.5 Å². The highest BCUT2D eigenvalue weighted by molar-refractivity contribution is 5.27. The summed E-state index contributed by atoms with van der Waals surface area (Å²) in [4.78, 5) is 0. The molecule has 0 aromatic rings. The fraction of sp³-hybridized carbons (Fsp3) is 0.692. The molecule has 1 aliphatic rings. The first-order valence-electron chi connectivity index (χ1n) is 5.55. The quantitative estimate of drug-likeness (QED) is 0.732. The minimum absolute atomic E-state index is 0.129. The Morgan fingerprint density at radius 3 is 2.53 bits per heavy atom. The molecule has 2 N–H and O–H groups in total. The first-order chi connectivity index (χ1) is 6.72. The molecule has 0 spiro atoms. The van der Waals surface area contributed by atoms with Gasteiger partial charge in [0.1, 0.15) is 5.76 Å². The Morgan fingerprint density at radius 1 is 1.47 bits per heavy atom. The van der Waals surface area contributed by atoms with Gasteiger partial charge in [0.05, 0.1) is 0 Å². The summed E-state index contributed by atoms with van der Waals surface area (Å²) < 4.78 is 0. The first-order valence-corrected chi connectivity index (χ1v) is 5.55. The zero-order valence-electron chi connectivity index (χ0n) is 10.5. The lowest BCUT2D eigenvalue weighted by Crippen LogP contribution is -2.42. The summed E-state index contributed by atoms with van der Waals surface area (Å²) in [6.45, 7) is 11.7. The molecule has 0 fully saturated rings. The third kappa shape index (κ3) is 3.71. The van der Waals surface area contributed by atoms with E-state index < -0.39 is 0 Å². The molecule has 2 nitrogen and oxygen atoms in total. The van der Waals surface area contributed by atoms with Crippen LogP contribution >= 0.6 is 0 Å². The van der Waals surface area contributed by atoms with Crippen LogP contribution in [0.4, 0.5) is 0 Å². The van der Waals surface area contributed by atoms with Crippen molar-refractivity contribution in [1.29, 1.82) is 0 Å². The van der Waals surface area contributed by atoms with Gasteiger partial charge < -0.3 is 10.4 Å². The van der Waals surface area contributed by atoms with Crippen molar-refractivity contribution in [1.82, 2.24) is 5.32 Å². The standard InChI is InChI=1S/C13H23NO/c1-10-8-13(5,7-6-11(10)15)9-14-12(2,3)4/h6-7,14-15H,8-9H2,1-5H3. The Kier molecular flexibility index (Phi) is 3.29. The average molecular weight is 209 g/mol. The summed E-state index contributed by atoms with van der Waals surface area (Å²) in [6.07, 6.45) is 4.86. The number of aliphatic hydroxyl groups is 1. The second-order valence-corrected chi connectivity index (χ2v) is 5.93. The van der Waals surface area contributed by atoms with E-state index in [1.807, 2.05) is 13.0 Å². The maximum absolute atomic E-state index is 9.51. The van der Waals surface area contributed by atoms with E-state index in [1.54, 1.807) is 0 Å². The van der Waals surface area contributed by atoms with E-state index in [-0.39, 0.29) is 11.0 Å².